The highest BCUT2D eigenvalue weighted by molar-refractivity contribution is 8.76. The molecule has 0 amide bonds. The van der Waals surface area contributed by atoms with E-state index < -0.39 is 0 Å². The third-order valence-electron chi connectivity index (χ3n) is 2.44. The van der Waals surface area contributed by atoms with Gasteiger partial charge < -0.3 is 0 Å². The Morgan fingerprint density at radius 3 is 2.41 bits per heavy atom. The van der Waals surface area contributed by atoms with E-state index in [1.54, 1.807) is 10.8 Å². The van der Waals surface area contributed by atoms with E-state index in [1.807, 2.05) is 35.2 Å². The van der Waals surface area contributed by atoms with E-state index in [0.29, 0.717) is 0 Å². The fourth-order valence-corrected chi connectivity index (χ4v) is 3.41. The molecule has 0 atom stereocenters. The number of aromatic nitrogens is 1. The van der Waals surface area contributed by atoms with Gasteiger partial charge in [0, 0.05) is 11.9 Å². The molecule has 3 heteroatoms. The highest BCUT2D eigenvalue weighted by Gasteiger charge is 1.97. The van der Waals surface area contributed by atoms with Crippen LogP contribution >= 0.6 is 21.6 Å². The monoisotopic (exact) mass is 261 g/mol. The first-order valence-corrected chi connectivity index (χ1v) is 7.98. The Morgan fingerprint density at radius 2 is 1.76 bits per heavy atom. The predicted molar refractivity (Wildman–Crippen MR) is 77.2 cm³/mol. The van der Waals surface area contributed by atoms with Crippen LogP contribution in [0.2, 0.25) is 0 Å². The van der Waals surface area contributed by atoms with Gasteiger partial charge >= 0.3 is 0 Å². The summed E-state index contributed by atoms with van der Waals surface area (Å²) in [4.78, 5) is 4.28. The quantitative estimate of drug-likeness (QED) is 0.731. The number of hydrogen-bond donors (Lipinski definition) is 0. The van der Waals surface area contributed by atoms with E-state index in [-0.39, 0.29) is 0 Å². The zero-order valence-corrected chi connectivity index (χ0v) is 11.4. The fourth-order valence-electron chi connectivity index (χ4n) is 1.43. The molecule has 88 valence electrons. The second-order valence-corrected chi connectivity index (χ2v) is 6.00. The Labute approximate surface area is 110 Å². The summed E-state index contributed by atoms with van der Waals surface area (Å²) in [7, 11) is 3.56. The first-order valence-electron chi connectivity index (χ1n) is 5.67. The van der Waals surface area contributed by atoms with Crippen LogP contribution in [0.4, 0.5) is 0 Å². The predicted octanol–water partition coefficient (Wildman–Crippen LogP) is 4.58. The molecule has 0 unspecified atom stereocenters. The molecule has 0 aliphatic carbocycles. The van der Waals surface area contributed by atoms with Crippen molar-refractivity contribution in [3.05, 3.63) is 59.8 Å². The minimum atomic E-state index is 1.02. The number of aryl methyl sites for hydroxylation is 1. The lowest BCUT2D eigenvalue weighted by Crippen LogP contribution is -1.82. The van der Waals surface area contributed by atoms with E-state index in [9.17, 15) is 0 Å². The van der Waals surface area contributed by atoms with E-state index in [1.165, 1.54) is 11.1 Å². The van der Waals surface area contributed by atoms with E-state index in [2.05, 4.69) is 36.2 Å². The van der Waals surface area contributed by atoms with Crippen LogP contribution in [0, 0.1) is 0 Å². The van der Waals surface area contributed by atoms with Gasteiger partial charge in [0.1, 0.15) is 5.03 Å². The SMILES string of the molecule is CCc1ccc(CSSc2ccccn2)cc1. The Kier molecular flexibility index (Phi) is 4.95. The normalized spacial score (nSPS) is 10.4. The topological polar surface area (TPSA) is 12.9 Å². The van der Waals surface area contributed by atoms with Crippen LogP contribution in [0.15, 0.2) is 53.7 Å². The fraction of sp³-hybridized carbons (Fsp3) is 0.214. The number of benzene rings is 1. The standard InChI is InChI=1S/C14H15NS2/c1-2-12-6-8-13(9-7-12)11-16-17-14-5-3-4-10-15-14/h3-10H,2,11H2,1H3. The molecule has 17 heavy (non-hydrogen) atoms. The average Bonchev–Trinajstić information content (AvgIpc) is 2.41. The first kappa shape index (κ1) is 12.5. The van der Waals surface area contributed by atoms with Gasteiger partial charge in [-0.2, -0.15) is 0 Å². The number of hydrogen-bond acceptors (Lipinski definition) is 3. The van der Waals surface area contributed by atoms with Crippen LogP contribution in [-0.2, 0) is 12.2 Å². The van der Waals surface area contributed by atoms with Crippen molar-refractivity contribution in [2.24, 2.45) is 0 Å². The van der Waals surface area contributed by atoms with Crippen molar-refractivity contribution in [1.29, 1.82) is 0 Å². The molecule has 1 heterocycles. The van der Waals surface area contributed by atoms with Crippen molar-refractivity contribution < 1.29 is 0 Å². The van der Waals surface area contributed by atoms with Gasteiger partial charge in [-0.05, 0) is 40.5 Å². The summed E-state index contributed by atoms with van der Waals surface area (Å²) in [6.07, 6.45) is 2.94. The number of pyridine rings is 1. The number of nitrogens with zero attached hydrogens (tertiary/aromatic N) is 1. The van der Waals surface area contributed by atoms with Gasteiger partial charge in [0.25, 0.3) is 0 Å². The smallest absolute Gasteiger partial charge is 0.106 e. The summed E-state index contributed by atoms with van der Waals surface area (Å²) >= 11 is 0. The Morgan fingerprint density at radius 1 is 1.00 bits per heavy atom. The highest BCUT2D eigenvalue weighted by atomic mass is 33.1. The van der Waals surface area contributed by atoms with Gasteiger partial charge in [-0.3, -0.25) is 0 Å². The molecular formula is C14H15NS2. The molecular weight excluding hydrogens is 246 g/mol. The molecule has 0 fully saturated rings. The van der Waals surface area contributed by atoms with Crippen LogP contribution in [0.3, 0.4) is 0 Å². The summed E-state index contributed by atoms with van der Waals surface area (Å²) in [5.41, 5.74) is 2.77. The minimum Gasteiger partial charge on any atom is -0.249 e. The van der Waals surface area contributed by atoms with Crippen molar-refractivity contribution >= 4 is 21.6 Å². The molecule has 0 saturated carbocycles. The molecule has 0 spiro atoms. The summed E-state index contributed by atoms with van der Waals surface area (Å²) < 4.78 is 0. The lowest BCUT2D eigenvalue weighted by molar-refractivity contribution is 1.13. The zero-order valence-electron chi connectivity index (χ0n) is 9.80. The van der Waals surface area contributed by atoms with Gasteiger partial charge in [0.2, 0.25) is 0 Å². The summed E-state index contributed by atoms with van der Waals surface area (Å²) in [5.74, 6) is 1.02. The molecule has 0 bridgehead atoms. The number of rotatable bonds is 5. The largest absolute Gasteiger partial charge is 0.249 e. The third-order valence-corrected chi connectivity index (χ3v) is 4.64. The molecule has 0 aliphatic heterocycles. The summed E-state index contributed by atoms with van der Waals surface area (Å²) in [5, 5.41) is 1.07. The summed E-state index contributed by atoms with van der Waals surface area (Å²) in [6.45, 7) is 2.18. The van der Waals surface area contributed by atoms with Crippen molar-refractivity contribution in [3.8, 4) is 0 Å². The molecule has 1 aromatic heterocycles. The van der Waals surface area contributed by atoms with Crippen LogP contribution in [0.5, 0.6) is 0 Å². The van der Waals surface area contributed by atoms with E-state index >= 15 is 0 Å². The van der Waals surface area contributed by atoms with Gasteiger partial charge in [-0.15, -0.1) is 0 Å². The third kappa shape index (κ3) is 4.10. The zero-order chi connectivity index (χ0) is 11.9. The Bertz CT molecular complexity index is 440. The van der Waals surface area contributed by atoms with Gasteiger partial charge in [-0.1, -0.05) is 48.0 Å². The second kappa shape index (κ2) is 6.72. The van der Waals surface area contributed by atoms with Crippen LogP contribution < -0.4 is 0 Å². The molecule has 0 radical (unpaired) electrons. The van der Waals surface area contributed by atoms with Crippen molar-refractivity contribution in [1.82, 2.24) is 4.98 Å². The molecule has 2 aromatic rings. The molecule has 1 aromatic carbocycles. The molecule has 1 nitrogen and oxygen atoms in total. The molecule has 0 saturated heterocycles. The second-order valence-electron chi connectivity index (χ2n) is 3.68. The van der Waals surface area contributed by atoms with E-state index in [0.717, 1.165) is 17.2 Å². The Balaban J connectivity index is 1.82. The maximum Gasteiger partial charge on any atom is 0.106 e. The van der Waals surface area contributed by atoms with Gasteiger partial charge in [0.05, 0.1) is 0 Å². The van der Waals surface area contributed by atoms with Gasteiger partial charge in [-0.25, -0.2) is 4.98 Å². The van der Waals surface area contributed by atoms with Crippen LogP contribution in [0.1, 0.15) is 18.1 Å². The Hall–Kier alpha value is -0.930. The maximum atomic E-state index is 4.28. The van der Waals surface area contributed by atoms with Gasteiger partial charge in [0.15, 0.2) is 0 Å². The minimum absolute atomic E-state index is 1.02. The van der Waals surface area contributed by atoms with Crippen molar-refractivity contribution in [2.75, 3.05) is 0 Å². The first-order chi connectivity index (χ1) is 8.38. The average molecular weight is 261 g/mol. The van der Waals surface area contributed by atoms with Crippen molar-refractivity contribution in [2.45, 2.75) is 24.1 Å². The maximum absolute atomic E-state index is 4.28. The molecule has 2 rings (SSSR count). The summed E-state index contributed by atoms with van der Waals surface area (Å²) in [6, 6.07) is 14.8. The lowest BCUT2D eigenvalue weighted by Gasteiger charge is -2.02. The lowest BCUT2D eigenvalue weighted by atomic mass is 10.1. The molecule has 0 aliphatic rings. The van der Waals surface area contributed by atoms with Crippen LogP contribution in [-0.4, -0.2) is 4.98 Å². The van der Waals surface area contributed by atoms with Crippen molar-refractivity contribution in [3.63, 3.8) is 0 Å². The van der Waals surface area contributed by atoms with Crippen LogP contribution in [0.25, 0.3) is 0 Å². The van der Waals surface area contributed by atoms with E-state index in [4.69, 9.17) is 0 Å². The molecule has 0 N–H and O–H groups in total. The highest BCUT2D eigenvalue weighted by Crippen LogP contribution is 2.31.